The molecule has 0 fully saturated rings. The van der Waals surface area contributed by atoms with Crippen LogP contribution in [-0.4, -0.2) is 9.91 Å². The zero-order valence-corrected chi connectivity index (χ0v) is 15.5. The SMILES string of the molecule is O=[N+]([O-])c1cccc(-c2cc(-c3ccc(Cl)cc3)cc(-c3ccccc3)n2)c1. The lowest BCUT2D eigenvalue weighted by Gasteiger charge is -2.10. The Morgan fingerprint density at radius 3 is 2.00 bits per heavy atom. The lowest BCUT2D eigenvalue weighted by molar-refractivity contribution is -0.384. The Morgan fingerprint density at radius 2 is 1.32 bits per heavy atom. The highest BCUT2D eigenvalue weighted by atomic mass is 35.5. The highest BCUT2D eigenvalue weighted by Crippen LogP contribution is 2.31. The molecule has 0 aliphatic rings. The molecule has 5 heteroatoms. The number of non-ortho nitro benzene ring substituents is 1. The maximum absolute atomic E-state index is 11.2. The zero-order valence-electron chi connectivity index (χ0n) is 14.7. The number of benzene rings is 3. The lowest BCUT2D eigenvalue weighted by Crippen LogP contribution is -1.93. The Bertz CT molecular complexity index is 1140. The lowest BCUT2D eigenvalue weighted by atomic mass is 10.00. The summed E-state index contributed by atoms with van der Waals surface area (Å²) in [6, 6.07) is 27.9. The molecule has 0 spiro atoms. The Balaban J connectivity index is 1.90. The molecule has 0 N–H and O–H groups in total. The fraction of sp³-hybridized carbons (Fsp3) is 0. The predicted molar refractivity (Wildman–Crippen MR) is 112 cm³/mol. The van der Waals surface area contributed by atoms with Crippen molar-refractivity contribution in [2.45, 2.75) is 0 Å². The minimum absolute atomic E-state index is 0.0393. The largest absolute Gasteiger partial charge is 0.270 e. The smallest absolute Gasteiger partial charge is 0.258 e. The Labute approximate surface area is 167 Å². The molecular formula is C23H15ClN2O2. The van der Waals surface area contributed by atoms with Gasteiger partial charge in [0, 0.05) is 28.3 Å². The minimum Gasteiger partial charge on any atom is -0.258 e. The number of halogens is 1. The van der Waals surface area contributed by atoms with Crippen molar-refractivity contribution in [3.05, 3.63) is 106 Å². The topological polar surface area (TPSA) is 56.0 Å². The van der Waals surface area contributed by atoms with Crippen molar-refractivity contribution in [3.63, 3.8) is 0 Å². The van der Waals surface area contributed by atoms with E-state index in [-0.39, 0.29) is 5.69 Å². The molecule has 0 saturated carbocycles. The first-order valence-corrected chi connectivity index (χ1v) is 9.06. The van der Waals surface area contributed by atoms with E-state index in [4.69, 9.17) is 16.6 Å². The molecule has 1 heterocycles. The number of nitro benzene ring substituents is 1. The van der Waals surface area contributed by atoms with Crippen LogP contribution in [0.1, 0.15) is 0 Å². The van der Waals surface area contributed by atoms with Gasteiger partial charge >= 0.3 is 0 Å². The molecule has 0 atom stereocenters. The van der Waals surface area contributed by atoms with E-state index in [1.807, 2.05) is 72.8 Å². The summed E-state index contributed by atoms with van der Waals surface area (Å²) in [4.78, 5) is 15.5. The average molecular weight is 387 g/mol. The number of pyridine rings is 1. The molecule has 4 nitrogen and oxygen atoms in total. The van der Waals surface area contributed by atoms with Gasteiger partial charge in [0.1, 0.15) is 0 Å². The van der Waals surface area contributed by atoms with Crippen LogP contribution < -0.4 is 0 Å². The summed E-state index contributed by atoms with van der Waals surface area (Å²) in [6.07, 6.45) is 0. The Morgan fingerprint density at radius 1 is 0.679 bits per heavy atom. The van der Waals surface area contributed by atoms with Crippen LogP contribution in [0.2, 0.25) is 5.02 Å². The summed E-state index contributed by atoms with van der Waals surface area (Å²) in [6.45, 7) is 0. The van der Waals surface area contributed by atoms with E-state index in [9.17, 15) is 10.1 Å². The first kappa shape index (κ1) is 17.9. The molecule has 3 aromatic carbocycles. The van der Waals surface area contributed by atoms with Gasteiger partial charge in [-0.3, -0.25) is 10.1 Å². The highest BCUT2D eigenvalue weighted by Gasteiger charge is 2.12. The predicted octanol–water partition coefficient (Wildman–Crippen LogP) is 6.64. The van der Waals surface area contributed by atoms with Gasteiger partial charge in [-0.05, 0) is 35.4 Å². The molecular weight excluding hydrogens is 372 g/mol. The molecule has 4 rings (SSSR count). The minimum atomic E-state index is -0.398. The number of rotatable bonds is 4. The quantitative estimate of drug-likeness (QED) is 0.291. The number of hydrogen-bond acceptors (Lipinski definition) is 3. The summed E-state index contributed by atoms with van der Waals surface area (Å²) < 4.78 is 0. The molecule has 136 valence electrons. The molecule has 0 amide bonds. The van der Waals surface area contributed by atoms with Crippen LogP contribution in [0.15, 0.2) is 91.0 Å². The van der Waals surface area contributed by atoms with E-state index in [2.05, 4.69) is 0 Å². The van der Waals surface area contributed by atoms with Crippen molar-refractivity contribution in [1.29, 1.82) is 0 Å². The first-order chi connectivity index (χ1) is 13.6. The zero-order chi connectivity index (χ0) is 19.5. The van der Waals surface area contributed by atoms with Crippen molar-refractivity contribution in [3.8, 4) is 33.6 Å². The fourth-order valence-corrected chi connectivity index (χ4v) is 3.15. The molecule has 4 aromatic rings. The van der Waals surface area contributed by atoms with Gasteiger partial charge in [0.05, 0.1) is 16.3 Å². The summed E-state index contributed by atoms with van der Waals surface area (Å²) in [7, 11) is 0. The first-order valence-electron chi connectivity index (χ1n) is 8.68. The van der Waals surface area contributed by atoms with Gasteiger partial charge in [0.2, 0.25) is 0 Å². The van der Waals surface area contributed by atoms with Crippen molar-refractivity contribution < 1.29 is 4.92 Å². The molecule has 1 aromatic heterocycles. The third kappa shape index (κ3) is 3.77. The van der Waals surface area contributed by atoms with Gasteiger partial charge in [-0.1, -0.05) is 66.2 Å². The molecule has 0 unspecified atom stereocenters. The third-order valence-corrected chi connectivity index (χ3v) is 4.68. The number of aromatic nitrogens is 1. The van der Waals surface area contributed by atoms with Gasteiger partial charge in [-0.2, -0.15) is 0 Å². The van der Waals surface area contributed by atoms with Crippen LogP contribution in [0.5, 0.6) is 0 Å². The van der Waals surface area contributed by atoms with Crippen molar-refractivity contribution in [2.75, 3.05) is 0 Å². The van der Waals surface area contributed by atoms with Crippen molar-refractivity contribution in [2.24, 2.45) is 0 Å². The second kappa shape index (κ2) is 7.62. The maximum atomic E-state index is 11.2. The van der Waals surface area contributed by atoms with Crippen LogP contribution in [-0.2, 0) is 0 Å². The summed E-state index contributed by atoms with van der Waals surface area (Å²) in [5, 5.41) is 11.8. The molecule has 0 aliphatic heterocycles. The summed E-state index contributed by atoms with van der Waals surface area (Å²) in [5.41, 5.74) is 5.15. The van der Waals surface area contributed by atoms with Gasteiger partial charge in [-0.15, -0.1) is 0 Å². The van der Waals surface area contributed by atoms with Crippen LogP contribution in [0, 0.1) is 10.1 Å². The van der Waals surface area contributed by atoms with Crippen LogP contribution in [0.25, 0.3) is 33.6 Å². The van der Waals surface area contributed by atoms with Gasteiger partial charge < -0.3 is 0 Å². The number of hydrogen-bond donors (Lipinski definition) is 0. The van der Waals surface area contributed by atoms with Crippen LogP contribution in [0.4, 0.5) is 5.69 Å². The van der Waals surface area contributed by atoms with E-state index in [0.29, 0.717) is 16.3 Å². The third-order valence-electron chi connectivity index (χ3n) is 4.43. The maximum Gasteiger partial charge on any atom is 0.270 e. The van der Waals surface area contributed by atoms with Gasteiger partial charge in [0.25, 0.3) is 5.69 Å². The molecule has 0 radical (unpaired) electrons. The van der Waals surface area contributed by atoms with E-state index < -0.39 is 4.92 Å². The van der Waals surface area contributed by atoms with E-state index >= 15 is 0 Å². The van der Waals surface area contributed by atoms with Crippen molar-refractivity contribution in [1.82, 2.24) is 4.98 Å². The van der Waals surface area contributed by atoms with Gasteiger partial charge in [0.15, 0.2) is 0 Å². The molecule has 0 bridgehead atoms. The van der Waals surface area contributed by atoms with Crippen LogP contribution in [0.3, 0.4) is 0 Å². The summed E-state index contributed by atoms with van der Waals surface area (Å²) >= 11 is 6.02. The summed E-state index contributed by atoms with van der Waals surface area (Å²) in [5.74, 6) is 0. The normalized spacial score (nSPS) is 10.6. The van der Waals surface area contributed by atoms with Crippen LogP contribution >= 0.6 is 11.6 Å². The molecule has 0 saturated heterocycles. The molecule has 0 aliphatic carbocycles. The average Bonchev–Trinajstić information content (AvgIpc) is 2.74. The number of nitrogens with zero attached hydrogens (tertiary/aromatic N) is 2. The Hall–Kier alpha value is -3.50. The second-order valence-electron chi connectivity index (χ2n) is 6.31. The highest BCUT2D eigenvalue weighted by molar-refractivity contribution is 6.30. The van der Waals surface area contributed by atoms with E-state index in [1.54, 1.807) is 12.1 Å². The van der Waals surface area contributed by atoms with Crippen molar-refractivity contribution >= 4 is 17.3 Å². The fourth-order valence-electron chi connectivity index (χ4n) is 3.02. The number of nitro groups is 1. The Kier molecular flexibility index (Phi) is 4.87. The van der Waals surface area contributed by atoms with E-state index in [1.165, 1.54) is 6.07 Å². The van der Waals surface area contributed by atoms with E-state index in [0.717, 1.165) is 22.4 Å². The monoisotopic (exact) mass is 386 g/mol. The molecule has 28 heavy (non-hydrogen) atoms. The second-order valence-corrected chi connectivity index (χ2v) is 6.74. The standard InChI is InChI=1S/C23H15ClN2O2/c24-20-11-9-16(10-12-20)19-14-22(17-5-2-1-3-6-17)25-23(15-19)18-7-4-8-21(13-18)26(27)28/h1-15H. The van der Waals surface area contributed by atoms with Gasteiger partial charge in [-0.25, -0.2) is 4.98 Å².